The Bertz CT molecular complexity index is 426. The summed E-state index contributed by atoms with van der Waals surface area (Å²) in [6.45, 7) is 3.37. The smallest absolute Gasteiger partial charge is 0.233 e. The van der Waals surface area contributed by atoms with Gasteiger partial charge in [0, 0.05) is 26.2 Å². The van der Waals surface area contributed by atoms with Gasteiger partial charge < -0.3 is 10.2 Å². The standard InChI is InChI=1S/C10H16N6OS/c17-9(15-5-3-11-4-6-15)7-18-10-12-13-14-16(10)8-1-2-8/h8,11H,1-7H2. The van der Waals surface area contributed by atoms with Crippen LogP contribution in [0.5, 0.6) is 0 Å². The monoisotopic (exact) mass is 268 g/mol. The van der Waals surface area contributed by atoms with Crippen molar-refractivity contribution in [2.45, 2.75) is 24.0 Å². The molecular weight excluding hydrogens is 252 g/mol. The Kier molecular flexibility index (Phi) is 3.46. The van der Waals surface area contributed by atoms with Gasteiger partial charge in [-0.25, -0.2) is 4.68 Å². The van der Waals surface area contributed by atoms with Crippen molar-refractivity contribution in [1.29, 1.82) is 0 Å². The van der Waals surface area contributed by atoms with Crippen LogP contribution in [0.1, 0.15) is 18.9 Å². The molecule has 2 fully saturated rings. The number of carbonyl (C=O) groups is 1. The third-order valence-electron chi connectivity index (χ3n) is 3.15. The Morgan fingerprint density at radius 2 is 2.17 bits per heavy atom. The molecular formula is C10H16N6OS. The first-order valence-corrected chi connectivity index (χ1v) is 7.22. The number of aromatic nitrogens is 4. The van der Waals surface area contributed by atoms with Gasteiger partial charge in [0.05, 0.1) is 11.8 Å². The minimum atomic E-state index is 0.173. The molecule has 1 aliphatic heterocycles. The molecule has 0 radical (unpaired) electrons. The highest BCUT2D eigenvalue weighted by atomic mass is 32.2. The number of nitrogens with zero attached hydrogens (tertiary/aromatic N) is 5. The molecule has 1 aromatic heterocycles. The minimum absolute atomic E-state index is 0.173. The molecule has 0 unspecified atom stereocenters. The fraction of sp³-hybridized carbons (Fsp3) is 0.800. The van der Waals surface area contributed by atoms with Crippen molar-refractivity contribution in [3.8, 4) is 0 Å². The van der Waals surface area contributed by atoms with Gasteiger partial charge >= 0.3 is 0 Å². The molecule has 2 aliphatic rings. The van der Waals surface area contributed by atoms with Crippen molar-refractivity contribution in [3.05, 3.63) is 0 Å². The average molecular weight is 268 g/mol. The highest BCUT2D eigenvalue weighted by Crippen LogP contribution is 2.36. The molecule has 1 saturated carbocycles. The van der Waals surface area contributed by atoms with Crippen LogP contribution in [-0.2, 0) is 4.79 Å². The number of tetrazole rings is 1. The van der Waals surface area contributed by atoms with Gasteiger partial charge in [-0.15, -0.1) is 5.10 Å². The number of nitrogens with one attached hydrogen (secondary N) is 1. The molecule has 2 heterocycles. The van der Waals surface area contributed by atoms with Gasteiger partial charge in [-0.05, 0) is 23.3 Å². The first kappa shape index (κ1) is 11.9. The molecule has 1 N–H and O–H groups in total. The number of piperazine rings is 1. The summed E-state index contributed by atoms with van der Waals surface area (Å²) in [4.78, 5) is 13.9. The summed E-state index contributed by atoms with van der Waals surface area (Å²) in [5, 5.41) is 15.6. The number of thioether (sulfide) groups is 1. The molecule has 7 nitrogen and oxygen atoms in total. The second-order valence-electron chi connectivity index (χ2n) is 4.56. The van der Waals surface area contributed by atoms with Crippen LogP contribution >= 0.6 is 11.8 Å². The highest BCUT2D eigenvalue weighted by molar-refractivity contribution is 7.99. The lowest BCUT2D eigenvalue weighted by Gasteiger charge is -2.27. The predicted molar refractivity (Wildman–Crippen MR) is 66.3 cm³/mol. The van der Waals surface area contributed by atoms with Gasteiger partial charge in [0.15, 0.2) is 0 Å². The molecule has 18 heavy (non-hydrogen) atoms. The number of amides is 1. The summed E-state index contributed by atoms with van der Waals surface area (Å²) in [6.07, 6.45) is 2.29. The van der Waals surface area contributed by atoms with Gasteiger partial charge in [0.1, 0.15) is 0 Å². The molecule has 0 bridgehead atoms. The quantitative estimate of drug-likeness (QED) is 0.744. The Balaban J connectivity index is 1.53. The second-order valence-corrected chi connectivity index (χ2v) is 5.50. The fourth-order valence-electron chi connectivity index (χ4n) is 1.96. The lowest BCUT2D eigenvalue weighted by molar-refractivity contribution is -0.128. The predicted octanol–water partition coefficient (Wildman–Crippen LogP) is -0.468. The van der Waals surface area contributed by atoms with E-state index in [2.05, 4.69) is 20.8 Å². The maximum Gasteiger partial charge on any atom is 0.233 e. The van der Waals surface area contributed by atoms with Gasteiger partial charge in [0.2, 0.25) is 11.1 Å². The molecule has 1 saturated heterocycles. The Labute approximate surface area is 109 Å². The zero-order chi connectivity index (χ0) is 12.4. The lowest BCUT2D eigenvalue weighted by atomic mass is 10.3. The van der Waals surface area contributed by atoms with Crippen LogP contribution in [0.3, 0.4) is 0 Å². The summed E-state index contributed by atoms with van der Waals surface area (Å²) < 4.78 is 1.84. The fourth-order valence-corrected chi connectivity index (χ4v) is 2.81. The number of rotatable bonds is 4. The zero-order valence-corrected chi connectivity index (χ0v) is 10.9. The van der Waals surface area contributed by atoms with Crippen LogP contribution in [0.4, 0.5) is 0 Å². The second kappa shape index (κ2) is 5.23. The van der Waals surface area contributed by atoms with E-state index in [1.54, 1.807) is 0 Å². The summed E-state index contributed by atoms with van der Waals surface area (Å²) in [7, 11) is 0. The van der Waals surface area contributed by atoms with Crippen molar-refractivity contribution in [2.75, 3.05) is 31.9 Å². The van der Waals surface area contributed by atoms with Gasteiger partial charge in [-0.2, -0.15) is 0 Å². The average Bonchev–Trinajstić information content (AvgIpc) is 3.16. The summed E-state index contributed by atoms with van der Waals surface area (Å²) in [6, 6.07) is 0.455. The third-order valence-corrected chi connectivity index (χ3v) is 4.07. The summed E-state index contributed by atoms with van der Waals surface area (Å²) in [5.74, 6) is 0.597. The van der Waals surface area contributed by atoms with E-state index >= 15 is 0 Å². The van der Waals surface area contributed by atoms with Crippen molar-refractivity contribution in [2.24, 2.45) is 0 Å². The van der Waals surface area contributed by atoms with Crippen molar-refractivity contribution in [1.82, 2.24) is 30.4 Å². The molecule has 1 amide bonds. The van der Waals surface area contributed by atoms with E-state index < -0.39 is 0 Å². The van der Waals surface area contributed by atoms with Crippen LogP contribution in [0.2, 0.25) is 0 Å². The molecule has 1 aromatic rings. The van der Waals surface area contributed by atoms with Crippen LogP contribution in [0.25, 0.3) is 0 Å². The number of hydrogen-bond donors (Lipinski definition) is 1. The maximum atomic E-state index is 12.0. The lowest BCUT2D eigenvalue weighted by Crippen LogP contribution is -2.47. The van der Waals surface area contributed by atoms with E-state index in [-0.39, 0.29) is 5.91 Å². The Hall–Kier alpha value is -1.15. The van der Waals surface area contributed by atoms with E-state index in [4.69, 9.17) is 0 Å². The number of carbonyl (C=O) groups excluding carboxylic acids is 1. The largest absolute Gasteiger partial charge is 0.339 e. The van der Waals surface area contributed by atoms with Crippen molar-refractivity contribution >= 4 is 17.7 Å². The van der Waals surface area contributed by atoms with Crippen LogP contribution in [0.15, 0.2) is 5.16 Å². The van der Waals surface area contributed by atoms with Gasteiger partial charge in [0.25, 0.3) is 0 Å². The number of hydrogen-bond acceptors (Lipinski definition) is 6. The molecule has 1 aliphatic carbocycles. The van der Waals surface area contributed by atoms with Crippen LogP contribution < -0.4 is 5.32 Å². The Morgan fingerprint density at radius 1 is 1.39 bits per heavy atom. The molecule has 0 atom stereocenters. The van der Waals surface area contributed by atoms with Crippen molar-refractivity contribution < 1.29 is 4.79 Å². The zero-order valence-electron chi connectivity index (χ0n) is 10.1. The molecule has 0 spiro atoms. The maximum absolute atomic E-state index is 12.0. The summed E-state index contributed by atoms with van der Waals surface area (Å²) >= 11 is 1.44. The minimum Gasteiger partial charge on any atom is -0.339 e. The Morgan fingerprint density at radius 3 is 2.89 bits per heavy atom. The molecule has 8 heteroatoms. The first-order valence-electron chi connectivity index (χ1n) is 6.24. The van der Waals surface area contributed by atoms with Gasteiger partial charge in [-0.1, -0.05) is 11.8 Å². The van der Waals surface area contributed by atoms with Gasteiger partial charge in [-0.3, -0.25) is 4.79 Å². The van der Waals surface area contributed by atoms with E-state index in [9.17, 15) is 4.79 Å². The third kappa shape index (κ3) is 2.64. The molecule has 3 rings (SSSR count). The van der Waals surface area contributed by atoms with Crippen LogP contribution in [0, 0.1) is 0 Å². The summed E-state index contributed by atoms with van der Waals surface area (Å²) in [5.41, 5.74) is 0. The van der Waals surface area contributed by atoms with E-state index in [0.717, 1.165) is 44.2 Å². The van der Waals surface area contributed by atoms with E-state index in [1.807, 2.05) is 9.58 Å². The van der Waals surface area contributed by atoms with Crippen molar-refractivity contribution in [3.63, 3.8) is 0 Å². The van der Waals surface area contributed by atoms with E-state index in [1.165, 1.54) is 11.8 Å². The topological polar surface area (TPSA) is 75.9 Å². The van der Waals surface area contributed by atoms with Crippen LogP contribution in [-0.4, -0.2) is 62.9 Å². The highest BCUT2D eigenvalue weighted by Gasteiger charge is 2.28. The normalized spacial score (nSPS) is 20.1. The molecule has 0 aromatic carbocycles. The SMILES string of the molecule is O=C(CSc1nnnn1C1CC1)N1CCNCC1. The first-order chi connectivity index (χ1) is 8.84. The molecule has 98 valence electrons. The van der Waals surface area contributed by atoms with E-state index in [0.29, 0.717) is 11.8 Å².